The average Bonchev–Trinajstić information content (AvgIpc) is 2.33. The molecule has 0 saturated carbocycles. The van der Waals surface area contributed by atoms with Crippen molar-refractivity contribution >= 4 is 6.21 Å². The Hall–Kier alpha value is -0.410. The standard InChI is InChI=1S/C6H11NO2/c1-8-5-3-7-4-6(5)9-2/h3,5-6H,4H2,1-2H3. The number of ether oxygens (including phenoxy) is 2. The van der Waals surface area contributed by atoms with Crippen molar-refractivity contribution in [2.24, 2.45) is 4.99 Å². The van der Waals surface area contributed by atoms with Crippen LogP contribution >= 0.6 is 0 Å². The Bertz CT molecular complexity index is 114. The molecule has 52 valence electrons. The van der Waals surface area contributed by atoms with Gasteiger partial charge in [0, 0.05) is 20.4 Å². The maximum atomic E-state index is 5.06. The van der Waals surface area contributed by atoms with Gasteiger partial charge in [-0.05, 0) is 0 Å². The highest BCUT2D eigenvalue weighted by Gasteiger charge is 2.22. The summed E-state index contributed by atoms with van der Waals surface area (Å²) in [6.07, 6.45) is 1.98. The van der Waals surface area contributed by atoms with Crippen LogP contribution in [0.5, 0.6) is 0 Å². The first-order valence-corrected chi connectivity index (χ1v) is 2.94. The molecule has 0 radical (unpaired) electrons. The minimum atomic E-state index is 0.0648. The Morgan fingerprint density at radius 1 is 1.44 bits per heavy atom. The van der Waals surface area contributed by atoms with Crippen molar-refractivity contribution in [3.05, 3.63) is 0 Å². The largest absolute Gasteiger partial charge is 0.376 e. The molecule has 0 N–H and O–H groups in total. The summed E-state index contributed by atoms with van der Waals surface area (Å²) < 4.78 is 10.1. The Balaban J connectivity index is 2.39. The zero-order valence-electron chi connectivity index (χ0n) is 5.70. The van der Waals surface area contributed by atoms with Gasteiger partial charge in [0.05, 0.1) is 6.54 Å². The first-order chi connectivity index (χ1) is 4.38. The molecule has 3 nitrogen and oxygen atoms in total. The lowest BCUT2D eigenvalue weighted by atomic mass is 10.2. The van der Waals surface area contributed by atoms with Gasteiger partial charge in [-0.3, -0.25) is 4.99 Å². The maximum absolute atomic E-state index is 5.06. The van der Waals surface area contributed by atoms with Crippen LogP contribution in [0, 0.1) is 0 Å². The molecule has 2 unspecified atom stereocenters. The first-order valence-electron chi connectivity index (χ1n) is 2.94. The average molecular weight is 129 g/mol. The van der Waals surface area contributed by atoms with Crippen LogP contribution in [-0.4, -0.2) is 39.2 Å². The van der Waals surface area contributed by atoms with E-state index in [0.29, 0.717) is 0 Å². The van der Waals surface area contributed by atoms with E-state index in [-0.39, 0.29) is 12.2 Å². The van der Waals surface area contributed by atoms with E-state index in [0.717, 1.165) is 6.54 Å². The van der Waals surface area contributed by atoms with Crippen molar-refractivity contribution in [2.45, 2.75) is 12.2 Å². The second-order valence-electron chi connectivity index (χ2n) is 1.99. The maximum Gasteiger partial charge on any atom is 0.120 e. The zero-order valence-corrected chi connectivity index (χ0v) is 5.70. The highest BCUT2D eigenvalue weighted by Crippen LogP contribution is 2.06. The van der Waals surface area contributed by atoms with Gasteiger partial charge in [0.1, 0.15) is 12.2 Å². The van der Waals surface area contributed by atoms with Crippen LogP contribution in [0.15, 0.2) is 4.99 Å². The molecule has 1 rings (SSSR count). The van der Waals surface area contributed by atoms with Gasteiger partial charge in [-0.15, -0.1) is 0 Å². The van der Waals surface area contributed by atoms with Gasteiger partial charge in [0.25, 0.3) is 0 Å². The summed E-state index contributed by atoms with van der Waals surface area (Å²) in [5, 5.41) is 0. The highest BCUT2D eigenvalue weighted by molar-refractivity contribution is 5.66. The van der Waals surface area contributed by atoms with Gasteiger partial charge < -0.3 is 9.47 Å². The molecule has 0 spiro atoms. The fourth-order valence-electron chi connectivity index (χ4n) is 0.890. The number of nitrogens with zero attached hydrogens (tertiary/aromatic N) is 1. The highest BCUT2D eigenvalue weighted by atomic mass is 16.5. The minimum Gasteiger partial charge on any atom is -0.376 e. The number of aliphatic imine (C=N–C) groups is 1. The van der Waals surface area contributed by atoms with Gasteiger partial charge in [0.15, 0.2) is 0 Å². The number of hydrogen-bond acceptors (Lipinski definition) is 3. The normalized spacial score (nSPS) is 33.6. The molecule has 1 aliphatic heterocycles. The Labute approximate surface area is 54.7 Å². The molecule has 0 aromatic rings. The lowest BCUT2D eigenvalue weighted by Crippen LogP contribution is -2.28. The Kier molecular flexibility index (Phi) is 2.19. The van der Waals surface area contributed by atoms with E-state index < -0.39 is 0 Å². The van der Waals surface area contributed by atoms with E-state index in [2.05, 4.69) is 4.99 Å². The lowest BCUT2D eigenvalue weighted by molar-refractivity contribution is 0.0143. The molecule has 0 aromatic heterocycles. The van der Waals surface area contributed by atoms with Crippen LogP contribution in [-0.2, 0) is 9.47 Å². The molecule has 0 bridgehead atoms. The molecule has 0 saturated heterocycles. The first kappa shape index (κ1) is 6.71. The molecule has 1 heterocycles. The topological polar surface area (TPSA) is 30.8 Å². The van der Waals surface area contributed by atoms with Crippen molar-refractivity contribution < 1.29 is 9.47 Å². The second kappa shape index (κ2) is 2.94. The predicted molar refractivity (Wildman–Crippen MR) is 35.0 cm³/mol. The molecule has 2 atom stereocenters. The summed E-state index contributed by atoms with van der Waals surface area (Å²) in [6, 6.07) is 0. The third kappa shape index (κ3) is 1.28. The van der Waals surface area contributed by atoms with Gasteiger partial charge in [-0.2, -0.15) is 0 Å². The van der Waals surface area contributed by atoms with E-state index in [4.69, 9.17) is 9.47 Å². The third-order valence-electron chi connectivity index (χ3n) is 1.48. The monoisotopic (exact) mass is 129 g/mol. The van der Waals surface area contributed by atoms with Crippen molar-refractivity contribution in [1.82, 2.24) is 0 Å². The van der Waals surface area contributed by atoms with Crippen LogP contribution in [0.25, 0.3) is 0 Å². The molecule has 1 aliphatic rings. The van der Waals surface area contributed by atoms with Gasteiger partial charge in [-0.1, -0.05) is 0 Å². The van der Waals surface area contributed by atoms with Crippen molar-refractivity contribution in [3.8, 4) is 0 Å². The number of hydrogen-bond donors (Lipinski definition) is 0. The van der Waals surface area contributed by atoms with E-state index in [1.54, 1.807) is 20.4 Å². The van der Waals surface area contributed by atoms with Crippen LogP contribution in [0.4, 0.5) is 0 Å². The third-order valence-corrected chi connectivity index (χ3v) is 1.48. The van der Waals surface area contributed by atoms with Gasteiger partial charge in [-0.25, -0.2) is 0 Å². The van der Waals surface area contributed by atoms with Crippen LogP contribution in [0.2, 0.25) is 0 Å². The molecule has 3 heteroatoms. The molecule has 0 aromatic carbocycles. The molecule has 9 heavy (non-hydrogen) atoms. The summed E-state index contributed by atoms with van der Waals surface area (Å²) >= 11 is 0. The fourth-order valence-corrected chi connectivity index (χ4v) is 0.890. The molecular weight excluding hydrogens is 118 g/mol. The van der Waals surface area contributed by atoms with E-state index >= 15 is 0 Å². The smallest absolute Gasteiger partial charge is 0.120 e. The van der Waals surface area contributed by atoms with E-state index in [1.807, 2.05) is 0 Å². The summed E-state index contributed by atoms with van der Waals surface area (Å²) in [5.41, 5.74) is 0. The lowest BCUT2D eigenvalue weighted by Gasteiger charge is -2.13. The van der Waals surface area contributed by atoms with Crippen LogP contribution < -0.4 is 0 Å². The number of methoxy groups -OCH3 is 2. The van der Waals surface area contributed by atoms with Gasteiger partial charge in [0.2, 0.25) is 0 Å². The fraction of sp³-hybridized carbons (Fsp3) is 0.833. The summed E-state index contributed by atoms with van der Waals surface area (Å²) in [4.78, 5) is 4.01. The molecule has 0 fully saturated rings. The summed E-state index contributed by atoms with van der Waals surface area (Å²) in [6.45, 7) is 0.731. The van der Waals surface area contributed by atoms with Crippen molar-refractivity contribution in [1.29, 1.82) is 0 Å². The predicted octanol–water partition coefficient (Wildman–Crippen LogP) is 0.101. The summed E-state index contributed by atoms with van der Waals surface area (Å²) in [7, 11) is 3.33. The second-order valence-corrected chi connectivity index (χ2v) is 1.99. The minimum absolute atomic E-state index is 0.0648. The Morgan fingerprint density at radius 2 is 2.22 bits per heavy atom. The Morgan fingerprint density at radius 3 is 2.67 bits per heavy atom. The molecular formula is C6H11NO2. The van der Waals surface area contributed by atoms with Crippen molar-refractivity contribution in [3.63, 3.8) is 0 Å². The van der Waals surface area contributed by atoms with E-state index in [1.165, 1.54) is 0 Å². The van der Waals surface area contributed by atoms with Crippen molar-refractivity contribution in [2.75, 3.05) is 20.8 Å². The quantitative estimate of drug-likeness (QED) is 0.529. The van der Waals surface area contributed by atoms with Crippen LogP contribution in [0.3, 0.4) is 0 Å². The molecule has 0 aliphatic carbocycles. The van der Waals surface area contributed by atoms with Crippen LogP contribution in [0.1, 0.15) is 0 Å². The van der Waals surface area contributed by atoms with E-state index in [9.17, 15) is 0 Å². The zero-order chi connectivity index (χ0) is 6.69. The number of rotatable bonds is 2. The summed E-state index contributed by atoms with van der Waals surface area (Å²) in [5.74, 6) is 0. The van der Waals surface area contributed by atoms with Gasteiger partial charge >= 0.3 is 0 Å². The SMILES string of the molecule is COC1C=NCC1OC. The molecule has 0 amide bonds.